The average molecular weight is 265 g/mol. The molecule has 98 valence electrons. The van der Waals surface area contributed by atoms with Gasteiger partial charge in [0.2, 0.25) is 0 Å². The summed E-state index contributed by atoms with van der Waals surface area (Å²) in [6.07, 6.45) is 1.93. The topological polar surface area (TPSA) is 40.5 Å². The fraction of sp³-hybridized carbons (Fsp3) is 0.500. The second-order valence-corrected chi connectivity index (χ2v) is 5.79. The number of anilines is 1. The first-order valence-corrected chi connectivity index (χ1v) is 7.57. The van der Waals surface area contributed by atoms with Crippen molar-refractivity contribution in [2.75, 3.05) is 29.5 Å². The van der Waals surface area contributed by atoms with Gasteiger partial charge in [-0.2, -0.15) is 11.8 Å². The largest absolute Gasteiger partial charge is 0.478 e. The third-order valence-corrected chi connectivity index (χ3v) is 4.17. The maximum absolute atomic E-state index is 11.2. The first-order valence-electron chi connectivity index (χ1n) is 6.42. The summed E-state index contributed by atoms with van der Waals surface area (Å²) < 4.78 is 0. The van der Waals surface area contributed by atoms with E-state index < -0.39 is 5.97 Å². The van der Waals surface area contributed by atoms with Gasteiger partial charge in [-0.3, -0.25) is 0 Å². The quantitative estimate of drug-likeness (QED) is 0.831. The molecule has 0 bridgehead atoms. The van der Waals surface area contributed by atoms with Gasteiger partial charge in [-0.05, 0) is 36.3 Å². The first kappa shape index (κ1) is 13.3. The summed E-state index contributed by atoms with van der Waals surface area (Å²) in [5.74, 6) is 1.43. The van der Waals surface area contributed by atoms with E-state index in [0.717, 1.165) is 48.7 Å². The van der Waals surface area contributed by atoms with Crippen molar-refractivity contribution in [1.29, 1.82) is 0 Å². The summed E-state index contributed by atoms with van der Waals surface area (Å²) in [7, 11) is 0. The Morgan fingerprint density at radius 2 is 2.33 bits per heavy atom. The van der Waals surface area contributed by atoms with Crippen molar-refractivity contribution in [3.8, 4) is 0 Å². The Labute approximate surface area is 112 Å². The maximum atomic E-state index is 11.2. The fourth-order valence-corrected chi connectivity index (χ4v) is 3.09. The van der Waals surface area contributed by atoms with E-state index in [2.05, 4.69) is 17.9 Å². The van der Waals surface area contributed by atoms with Gasteiger partial charge >= 0.3 is 5.97 Å². The van der Waals surface area contributed by atoms with Crippen molar-refractivity contribution < 1.29 is 9.90 Å². The zero-order valence-electron chi connectivity index (χ0n) is 10.7. The van der Waals surface area contributed by atoms with Crippen LogP contribution in [-0.4, -0.2) is 35.7 Å². The summed E-state index contributed by atoms with van der Waals surface area (Å²) in [6.45, 7) is 4.21. The predicted molar refractivity (Wildman–Crippen MR) is 76.9 cm³/mol. The molecule has 0 saturated carbocycles. The third kappa shape index (κ3) is 2.80. The second-order valence-electron chi connectivity index (χ2n) is 4.40. The number of carboxylic acids is 1. The molecule has 1 heterocycles. The van der Waals surface area contributed by atoms with Crippen molar-refractivity contribution in [2.24, 2.45) is 0 Å². The monoisotopic (exact) mass is 265 g/mol. The molecule has 1 aliphatic rings. The smallest absolute Gasteiger partial charge is 0.336 e. The van der Waals surface area contributed by atoms with Gasteiger partial charge in [0, 0.05) is 24.5 Å². The van der Waals surface area contributed by atoms with Crippen molar-refractivity contribution in [1.82, 2.24) is 0 Å². The lowest BCUT2D eigenvalue weighted by molar-refractivity contribution is 0.0695. The zero-order valence-corrected chi connectivity index (χ0v) is 11.5. The number of carbonyl (C=O) groups is 1. The molecule has 0 atom stereocenters. The lowest BCUT2D eigenvalue weighted by atomic mass is 9.96. The molecule has 0 saturated heterocycles. The minimum absolute atomic E-state index is 0.473. The van der Waals surface area contributed by atoms with Gasteiger partial charge in [-0.15, -0.1) is 0 Å². The number of hydrogen-bond donors (Lipinski definition) is 1. The van der Waals surface area contributed by atoms with Gasteiger partial charge in [-0.25, -0.2) is 4.79 Å². The number of fused-ring (bicyclic) bond motifs is 1. The van der Waals surface area contributed by atoms with Crippen LogP contribution in [0.25, 0.3) is 0 Å². The lowest BCUT2D eigenvalue weighted by Gasteiger charge is -2.32. The number of carboxylic acid groups (broad SMARTS) is 1. The Kier molecular flexibility index (Phi) is 4.53. The fourth-order valence-electron chi connectivity index (χ4n) is 2.45. The van der Waals surface area contributed by atoms with Crippen molar-refractivity contribution in [2.45, 2.75) is 19.8 Å². The molecule has 0 aliphatic carbocycles. The molecule has 3 nitrogen and oxygen atoms in total. The van der Waals surface area contributed by atoms with E-state index in [0.29, 0.717) is 5.56 Å². The van der Waals surface area contributed by atoms with E-state index in [1.165, 1.54) is 0 Å². The Morgan fingerprint density at radius 3 is 3.06 bits per heavy atom. The molecule has 1 N–H and O–H groups in total. The van der Waals surface area contributed by atoms with Gasteiger partial charge in [0.15, 0.2) is 0 Å². The standard InChI is InChI=1S/C14H19NO2S/c1-2-18-10-9-15-8-4-6-11-12(14(16)17)5-3-7-13(11)15/h3,5,7H,2,4,6,8-10H2,1H3,(H,16,17). The molecule has 18 heavy (non-hydrogen) atoms. The van der Waals surface area contributed by atoms with Gasteiger partial charge in [0.1, 0.15) is 0 Å². The first-order chi connectivity index (χ1) is 8.74. The summed E-state index contributed by atoms with van der Waals surface area (Å²) in [5.41, 5.74) is 2.61. The van der Waals surface area contributed by atoms with E-state index in [9.17, 15) is 9.90 Å². The van der Waals surface area contributed by atoms with Crippen LogP contribution < -0.4 is 4.90 Å². The highest BCUT2D eigenvalue weighted by atomic mass is 32.2. The average Bonchev–Trinajstić information content (AvgIpc) is 2.38. The van der Waals surface area contributed by atoms with Crippen LogP contribution in [0.1, 0.15) is 29.3 Å². The van der Waals surface area contributed by atoms with Crippen LogP contribution in [0.2, 0.25) is 0 Å². The Balaban J connectivity index is 2.21. The zero-order chi connectivity index (χ0) is 13.0. The molecule has 2 rings (SSSR count). The highest BCUT2D eigenvalue weighted by Crippen LogP contribution is 2.30. The number of rotatable bonds is 5. The van der Waals surface area contributed by atoms with Crippen LogP contribution in [0.4, 0.5) is 5.69 Å². The van der Waals surface area contributed by atoms with Gasteiger partial charge in [-0.1, -0.05) is 13.0 Å². The number of benzene rings is 1. The molecule has 1 aromatic rings. The van der Waals surface area contributed by atoms with E-state index in [-0.39, 0.29) is 0 Å². The lowest BCUT2D eigenvalue weighted by Crippen LogP contribution is -2.32. The number of thioether (sulfide) groups is 1. The molecule has 1 aromatic carbocycles. The van der Waals surface area contributed by atoms with E-state index in [1.807, 2.05) is 17.8 Å². The molecule has 4 heteroatoms. The molecule has 0 spiro atoms. The minimum Gasteiger partial charge on any atom is -0.478 e. The molecule has 0 amide bonds. The van der Waals surface area contributed by atoms with Crippen LogP contribution in [0.15, 0.2) is 18.2 Å². The molecule has 0 fully saturated rings. The number of nitrogens with zero attached hydrogens (tertiary/aromatic N) is 1. The molecular weight excluding hydrogens is 246 g/mol. The minimum atomic E-state index is -0.809. The number of aromatic carboxylic acids is 1. The van der Waals surface area contributed by atoms with E-state index in [4.69, 9.17) is 0 Å². The Morgan fingerprint density at radius 1 is 1.50 bits per heavy atom. The third-order valence-electron chi connectivity index (χ3n) is 3.29. The molecular formula is C14H19NO2S. The molecule has 0 unspecified atom stereocenters. The van der Waals surface area contributed by atoms with Crippen molar-refractivity contribution in [3.05, 3.63) is 29.3 Å². The van der Waals surface area contributed by atoms with Crippen molar-refractivity contribution >= 4 is 23.4 Å². The van der Waals surface area contributed by atoms with E-state index in [1.54, 1.807) is 6.07 Å². The Hall–Kier alpha value is -1.16. The normalized spacial score (nSPS) is 14.4. The Bertz CT molecular complexity index is 434. The predicted octanol–water partition coefficient (Wildman–Crippen LogP) is 2.89. The van der Waals surface area contributed by atoms with Crippen LogP contribution in [0.5, 0.6) is 0 Å². The molecule has 0 radical (unpaired) electrons. The highest BCUT2D eigenvalue weighted by Gasteiger charge is 2.21. The summed E-state index contributed by atoms with van der Waals surface area (Å²) in [4.78, 5) is 13.5. The van der Waals surface area contributed by atoms with Crippen molar-refractivity contribution in [3.63, 3.8) is 0 Å². The van der Waals surface area contributed by atoms with Crippen LogP contribution in [0, 0.1) is 0 Å². The molecule has 0 aromatic heterocycles. The van der Waals surface area contributed by atoms with Crippen LogP contribution in [0.3, 0.4) is 0 Å². The van der Waals surface area contributed by atoms with Gasteiger partial charge in [0.05, 0.1) is 5.56 Å². The SMILES string of the molecule is CCSCCN1CCCc2c(C(=O)O)cccc21. The highest BCUT2D eigenvalue weighted by molar-refractivity contribution is 7.99. The summed E-state index contributed by atoms with van der Waals surface area (Å²) in [5, 5.41) is 9.22. The number of hydrogen-bond acceptors (Lipinski definition) is 3. The molecule has 1 aliphatic heterocycles. The van der Waals surface area contributed by atoms with Crippen LogP contribution >= 0.6 is 11.8 Å². The summed E-state index contributed by atoms with van der Waals surface area (Å²) >= 11 is 1.93. The van der Waals surface area contributed by atoms with E-state index >= 15 is 0 Å². The maximum Gasteiger partial charge on any atom is 0.336 e. The second kappa shape index (κ2) is 6.14. The van der Waals surface area contributed by atoms with Gasteiger partial charge in [0.25, 0.3) is 0 Å². The summed E-state index contributed by atoms with van der Waals surface area (Å²) in [6, 6.07) is 5.62. The van der Waals surface area contributed by atoms with Gasteiger partial charge < -0.3 is 10.0 Å². The van der Waals surface area contributed by atoms with Crippen LogP contribution in [-0.2, 0) is 6.42 Å².